The first kappa shape index (κ1) is 90.1. The van der Waals surface area contributed by atoms with Gasteiger partial charge in [0.15, 0.2) is 23.9 Å². The molecule has 8 amide bonds. The summed E-state index contributed by atoms with van der Waals surface area (Å²) in [4.78, 5) is 121. The van der Waals surface area contributed by atoms with Gasteiger partial charge in [0.25, 0.3) is 0 Å². The minimum absolute atomic E-state index is 0.0373. The number of aromatic hydroxyl groups is 3. The smallest absolute Gasteiger partial charge is 0.248 e. The highest BCUT2D eigenvalue weighted by atomic mass is 35.5. The Bertz CT molecular complexity index is 4440. The molecule has 2 saturated heterocycles. The summed E-state index contributed by atoms with van der Waals surface area (Å²) < 4.78 is 39.4. The molecule has 12 rings (SSSR count). The molecule has 0 spiro atoms. The predicted octanol–water partition coefficient (Wildman–Crippen LogP) is 3.75. The minimum atomic E-state index is -2.33. The van der Waals surface area contributed by atoms with Crippen LogP contribution in [0.5, 0.6) is 46.0 Å². The lowest BCUT2D eigenvalue weighted by molar-refractivity contribution is -0.890. The molecule has 117 heavy (non-hydrogen) atoms. The Morgan fingerprint density at radius 2 is 1.28 bits per heavy atom. The summed E-state index contributed by atoms with van der Waals surface area (Å²) in [5.74, 6) is -14.4. The summed E-state index contributed by atoms with van der Waals surface area (Å²) in [5, 5.41) is 126. The number of ether oxygens (including phenoxy) is 6. The number of hydrogen-bond acceptors (Lipinski definition) is 25. The van der Waals surface area contributed by atoms with Crippen LogP contribution in [0.2, 0.25) is 10.0 Å². The predicted molar refractivity (Wildman–Crippen MR) is 424 cm³/mol. The van der Waals surface area contributed by atoms with Crippen molar-refractivity contribution >= 4 is 70.5 Å². The standard InChI is InChI=1S/C81H107Cl2N11O23/c1-9-10-11-12-13-14-15-16-25-94(7,8)26-17-24-87-75(107)63-46-33-44(96)34-52(98)60(46)45-28-40(18-21-51(45)97)61-76(108)93-65(79(111)91-63)67(101)42-20-23-54(48(83)30-42)114-56-32-43-31-55(70(56)117-80-71(69(103)68(102)57(37-95)115-80)116-59-36-81(5,85)72(104)39(4)112-59)113-53-22-19-41(29-47(53)82)66(100)64(92-73(105)49(86-6)27-38(2)3)78(110)88-50(35-58(84)99)74(106)89-62(43)77(109)90-61/h18-23,28-34,38-39,49-50,57,59,61-69,71-72,80,86,95,100-104H,9-17,24-27,35-37,85H2,1-8H3,(H11-,84,87,88,89,90,91,92,93,96,97,98,99,105,106,107,108,109,110,111)/p+1/t39-,49+,50-,57+,59-,61+,62+,63-,64+,65-,66+,67+,68+,69-,71+,72+,80-,81-/m0/s1. The zero-order valence-corrected chi connectivity index (χ0v) is 67.8. The molecule has 0 aromatic heterocycles. The van der Waals surface area contributed by atoms with Crippen LogP contribution in [0.15, 0.2) is 78.9 Å². The molecule has 0 saturated carbocycles. The molecule has 7 heterocycles. The van der Waals surface area contributed by atoms with E-state index in [0.29, 0.717) is 17.4 Å². The number of aliphatic hydroxyl groups excluding tert-OH is 6. The number of rotatable bonds is 26. The van der Waals surface area contributed by atoms with E-state index in [4.69, 9.17) is 63.1 Å². The summed E-state index contributed by atoms with van der Waals surface area (Å²) in [7, 11) is 5.64. The van der Waals surface area contributed by atoms with Crippen molar-refractivity contribution in [2.75, 3.05) is 47.4 Å². The van der Waals surface area contributed by atoms with Crippen molar-refractivity contribution in [3.8, 4) is 57.1 Å². The van der Waals surface area contributed by atoms with E-state index in [9.17, 15) is 60.3 Å². The molecule has 7 aliphatic heterocycles. The number of phenolic OH excluding ortho intramolecular Hbond substituents is 3. The Labute approximate surface area is 686 Å². The van der Waals surface area contributed by atoms with Crippen molar-refractivity contribution in [3.63, 3.8) is 0 Å². The number of nitrogens with two attached hydrogens (primary N) is 2. The molecule has 34 nitrogen and oxygen atoms in total. The van der Waals surface area contributed by atoms with Crippen LogP contribution < -0.4 is 68.2 Å². The van der Waals surface area contributed by atoms with Crippen LogP contribution in [0.25, 0.3) is 11.1 Å². The van der Waals surface area contributed by atoms with E-state index in [0.717, 1.165) is 93.2 Å². The molecule has 11 bridgehead atoms. The fourth-order valence-corrected chi connectivity index (χ4v) is 15.6. The number of unbranched alkanes of at least 4 members (excludes halogenated alkanes) is 7. The van der Waals surface area contributed by atoms with E-state index in [1.165, 1.54) is 64.4 Å². The van der Waals surface area contributed by atoms with Gasteiger partial charge in [0.05, 0.1) is 68.5 Å². The van der Waals surface area contributed by atoms with Gasteiger partial charge in [-0.05, 0) is 128 Å². The normalized spacial score (nSPS) is 27.2. The van der Waals surface area contributed by atoms with Gasteiger partial charge in [-0.2, -0.15) is 0 Å². The number of hydrogen-bond donors (Lipinski definition) is 19. The fraction of sp³-hybridized carbons (Fsp3) is 0.531. The molecule has 0 unspecified atom stereocenters. The van der Waals surface area contributed by atoms with E-state index in [2.05, 4.69) is 63.6 Å². The first-order chi connectivity index (χ1) is 55.4. The van der Waals surface area contributed by atoms with Crippen LogP contribution in [0.3, 0.4) is 0 Å². The van der Waals surface area contributed by atoms with Crippen LogP contribution in [-0.2, 0) is 52.6 Å². The molecule has 0 radical (unpaired) electrons. The molecule has 0 aliphatic carbocycles. The first-order valence-corrected chi connectivity index (χ1v) is 40.0. The Morgan fingerprint density at radius 1 is 0.684 bits per heavy atom. The largest absolute Gasteiger partial charge is 0.508 e. The maximum atomic E-state index is 16.3. The van der Waals surface area contributed by atoms with Crippen LogP contribution in [0.1, 0.15) is 170 Å². The summed E-state index contributed by atoms with van der Waals surface area (Å²) >= 11 is 14.3. The van der Waals surface area contributed by atoms with Crippen molar-refractivity contribution in [1.29, 1.82) is 0 Å². The van der Waals surface area contributed by atoms with Gasteiger partial charge in [-0.25, -0.2) is 0 Å². The zero-order chi connectivity index (χ0) is 85.2. The van der Waals surface area contributed by atoms with E-state index in [1.54, 1.807) is 0 Å². The highest BCUT2D eigenvalue weighted by molar-refractivity contribution is 6.32. The lowest BCUT2D eigenvalue weighted by Gasteiger charge is -2.47. The monoisotopic (exact) mass is 1670 g/mol. The third kappa shape index (κ3) is 21.8. The van der Waals surface area contributed by atoms with Crippen molar-refractivity contribution in [3.05, 3.63) is 117 Å². The van der Waals surface area contributed by atoms with Crippen molar-refractivity contribution in [2.45, 2.75) is 221 Å². The number of aliphatic hydroxyl groups is 6. The van der Waals surface area contributed by atoms with Gasteiger partial charge in [-0.1, -0.05) is 101 Å². The number of phenols is 3. The number of nitrogens with one attached hydrogen (secondary N) is 8. The summed E-state index contributed by atoms with van der Waals surface area (Å²) in [5.41, 5.74) is 8.79. The number of benzene rings is 5. The minimum Gasteiger partial charge on any atom is -0.508 e. The second-order valence-corrected chi connectivity index (χ2v) is 32.7. The van der Waals surface area contributed by atoms with E-state index < -0.39 is 215 Å². The number of likely N-dealkylation sites (N-methyl/N-ethyl adjacent to an activating group) is 1. The Morgan fingerprint density at radius 3 is 1.89 bits per heavy atom. The summed E-state index contributed by atoms with van der Waals surface area (Å²) in [6.45, 7) is 9.40. The van der Waals surface area contributed by atoms with E-state index in [1.807, 2.05) is 13.8 Å². The molecule has 5 aromatic carbocycles. The van der Waals surface area contributed by atoms with Gasteiger partial charge in [0.2, 0.25) is 59.3 Å². The topological polar surface area (TPSA) is 522 Å². The number of halogens is 2. The van der Waals surface area contributed by atoms with Crippen LogP contribution in [0, 0.1) is 5.92 Å². The molecule has 5 aromatic rings. The van der Waals surface area contributed by atoms with Crippen molar-refractivity contribution < 1.29 is 117 Å². The molecule has 7 aliphatic rings. The van der Waals surface area contributed by atoms with Crippen molar-refractivity contribution in [2.24, 2.45) is 17.4 Å². The number of amides is 8. The lowest BCUT2D eigenvalue weighted by atomic mass is 9.86. The van der Waals surface area contributed by atoms with Crippen molar-refractivity contribution in [1.82, 2.24) is 42.5 Å². The van der Waals surface area contributed by atoms with E-state index in [-0.39, 0.29) is 75.2 Å². The van der Waals surface area contributed by atoms with Crippen LogP contribution >= 0.6 is 23.2 Å². The highest BCUT2D eigenvalue weighted by Gasteiger charge is 2.52. The molecule has 18 atom stereocenters. The number of quaternary nitrogens is 1. The second-order valence-electron chi connectivity index (χ2n) is 31.9. The quantitative estimate of drug-likeness (QED) is 0.0277. The lowest BCUT2D eigenvalue weighted by Crippen LogP contribution is -2.64. The average Bonchev–Trinajstić information content (AvgIpc) is 0.766. The zero-order valence-electron chi connectivity index (χ0n) is 66.3. The average molecular weight is 1670 g/mol. The molecule has 36 heteroatoms. The van der Waals surface area contributed by atoms with Gasteiger partial charge >= 0.3 is 0 Å². The number of fused-ring (bicyclic) bond motifs is 15. The molecule has 2 fully saturated rings. The third-order valence-electron chi connectivity index (χ3n) is 21.6. The van der Waals surface area contributed by atoms with Gasteiger partial charge in [-0.15, -0.1) is 0 Å². The van der Waals surface area contributed by atoms with Gasteiger partial charge in [0, 0.05) is 42.1 Å². The maximum Gasteiger partial charge on any atom is 0.248 e. The van der Waals surface area contributed by atoms with Crippen LogP contribution in [0.4, 0.5) is 0 Å². The fourth-order valence-electron chi connectivity index (χ4n) is 15.1. The van der Waals surface area contributed by atoms with Crippen LogP contribution in [-0.4, -0.2) is 224 Å². The SMILES string of the molecule is CCCCCCCCCC[N+](C)(C)CCCNC(=O)[C@H]1NC(=O)[C@H]2NC(=O)[C@H](NC(=O)[C@@H]3NC(=O)[C@H](CC(N)=O)NC(=O)[C@H](NC(=O)[C@@H](CC(C)C)NC)[C@H](O)c4ccc(c(Cl)c4)Oc4cc3cc(c4O[C@@H]3O[C@H](CO)[C@@H](O)[C@H](O)[C@H]3O[C@H]3C[C@](C)(N)[C@H](O)[C@H](C)O3)Oc3ccc(cc3Cl)[C@H]2O)c2ccc(O)c(c2)-c2c(O)cc(O)cc21. The number of carbonyl (C=O) groups excluding carboxylic acids is 8. The molecule has 21 N–H and O–H groups in total. The molecular formula is C81H108Cl2N11O23+. The molecule has 638 valence electrons. The molecular weight excluding hydrogens is 1570 g/mol. The van der Waals surface area contributed by atoms with Gasteiger partial charge in [0.1, 0.15) is 95.5 Å². The number of carbonyl (C=O) groups is 8. The van der Waals surface area contributed by atoms with E-state index >= 15 is 24.0 Å². The first-order valence-electron chi connectivity index (χ1n) is 39.2. The Hall–Kier alpha value is -9.24. The second kappa shape index (κ2) is 39.1. The Kier molecular flexibility index (Phi) is 30.1. The third-order valence-corrected chi connectivity index (χ3v) is 22.2. The Balaban J connectivity index is 1.16. The number of primary amides is 1. The maximum absolute atomic E-state index is 16.3. The summed E-state index contributed by atoms with van der Waals surface area (Å²) in [6.07, 6.45) is -8.93. The van der Waals surface area contributed by atoms with Gasteiger partial charge in [-0.3, -0.25) is 38.4 Å². The highest BCUT2D eigenvalue weighted by Crippen LogP contribution is 2.50. The summed E-state index contributed by atoms with van der Waals surface area (Å²) in [6, 6.07) is 0.700. The van der Waals surface area contributed by atoms with Gasteiger partial charge < -0.3 is 133 Å². The number of nitrogens with zero attached hydrogens (tertiary/aromatic N) is 1.